The van der Waals surface area contributed by atoms with Crippen LogP contribution in [0.5, 0.6) is 5.75 Å². The van der Waals surface area contributed by atoms with Crippen molar-refractivity contribution in [3.63, 3.8) is 0 Å². The highest BCUT2D eigenvalue weighted by Crippen LogP contribution is 2.31. The molecule has 0 saturated carbocycles. The summed E-state index contributed by atoms with van der Waals surface area (Å²) in [5.41, 5.74) is 0.688. The highest BCUT2D eigenvalue weighted by atomic mass is 19.3. The standard InChI is InChI=1S/C22H31F2N7O/c1-25-22(26-12-10-20-29-28-19-9-3-2-6-13-31(19)20)27-16-11-14-30(15-16)17-7-4-5-8-18(17)32-21(23)24/h4-5,7-8,16,21H,2-3,6,9-15H2,1H3,(H2,25,26,27). The first-order valence-corrected chi connectivity index (χ1v) is 11.3. The zero-order valence-electron chi connectivity index (χ0n) is 18.4. The minimum absolute atomic E-state index is 0.158. The minimum atomic E-state index is -2.84. The van der Waals surface area contributed by atoms with Crippen LogP contribution in [-0.4, -0.2) is 60.1 Å². The Morgan fingerprint density at radius 1 is 1.22 bits per heavy atom. The van der Waals surface area contributed by atoms with E-state index in [2.05, 4.69) is 40.0 Å². The molecule has 4 rings (SSSR count). The number of aryl methyl sites for hydroxylation is 1. The zero-order valence-corrected chi connectivity index (χ0v) is 18.4. The molecule has 10 heteroatoms. The van der Waals surface area contributed by atoms with Crippen LogP contribution in [0.25, 0.3) is 0 Å². The monoisotopic (exact) mass is 447 g/mol. The van der Waals surface area contributed by atoms with Crippen LogP contribution >= 0.6 is 0 Å². The molecule has 2 N–H and O–H groups in total. The van der Waals surface area contributed by atoms with Crippen molar-refractivity contribution in [1.82, 2.24) is 25.4 Å². The number of para-hydroxylation sites is 2. The first-order chi connectivity index (χ1) is 15.6. The molecular weight excluding hydrogens is 416 g/mol. The van der Waals surface area contributed by atoms with E-state index in [1.807, 2.05) is 12.1 Å². The Hall–Kier alpha value is -2.91. The maximum atomic E-state index is 12.7. The lowest BCUT2D eigenvalue weighted by Gasteiger charge is -2.22. The summed E-state index contributed by atoms with van der Waals surface area (Å²) >= 11 is 0. The second kappa shape index (κ2) is 10.6. The fourth-order valence-electron chi connectivity index (χ4n) is 4.42. The maximum absolute atomic E-state index is 12.7. The summed E-state index contributed by atoms with van der Waals surface area (Å²) in [5, 5.41) is 15.5. The van der Waals surface area contributed by atoms with E-state index in [9.17, 15) is 8.78 Å². The van der Waals surface area contributed by atoms with Crippen molar-refractivity contribution in [2.24, 2.45) is 4.99 Å². The van der Waals surface area contributed by atoms with Crippen molar-refractivity contribution in [1.29, 1.82) is 0 Å². The molecule has 1 fully saturated rings. The first kappa shape index (κ1) is 22.3. The third kappa shape index (κ3) is 5.46. The van der Waals surface area contributed by atoms with E-state index in [4.69, 9.17) is 0 Å². The zero-order chi connectivity index (χ0) is 22.3. The molecule has 1 saturated heterocycles. The van der Waals surface area contributed by atoms with Gasteiger partial charge < -0.3 is 24.8 Å². The molecule has 1 unspecified atom stereocenters. The van der Waals surface area contributed by atoms with E-state index in [-0.39, 0.29) is 11.8 Å². The van der Waals surface area contributed by atoms with Gasteiger partial charge in [0.1, 0.15) is 17.4 Å². The summed E-state index contributed by atoms with van der Waals surface area (Å²) in [6.07, 6.45) is 6.27. The molecule has 2 aromatic rings. The molecule has 174 valence electrons. The number of nitrogens with zero attached hydrogens (tertiary/aromatic N) is 5. The normalized spacial score (nSPS) is 19.1. The van der Waals surface area contributed by atoms with Crippen molar-refractivity contribution in [3.05, 3.63) is 35.9 Å². The van der Waals surface area contributed by atoms with Gasteiger partial charge in [-0.2, -0.15) is 8.78 Å². The van der Waals surface area contributed by atoms with Crippen LogP contribution in [0.3, 0.4) is 0 Å². The smallest absolute Gasteiger partial charge is 0.387 e. The number of hydrogen-bond donors (Lipinski definition) is 2. The molecule has 32 heavy (non-hydrogen) atoms. The van der Waals surface area contributed by atoms with Gasteiger partial charge in [-0.15, -0.1) is 10.2 Å². The average molecular weight is 448 g/mol. The topological polar surface area (TPSA) is 79.6 Å². The largest absolute Gasteiger partial charge is 0.433 e. The van der Waals surface area contributed by atoms with Gasteiger partial charge in [-0.1, -0.05) is 18.6 Å². The lowest BCUT2D eigenvalue weighted by Crippen LogP contribution is -2.45. The number of anilines is 1. The molecular formula is C22H31F2N7O. The van der Waals surface area contributed by atoms with Gasteiger partial charge in [-0.3, -0.25) is 4.99 Å². The van der Waals surface area contributed by atoms with Crippen LogP contribution in [0.15, 0.2) is 29.3 Å². The molecule has 0 bridgehead atoms. The molecule has 0 radical (unpaired) electrons. The fraction of sp³-hybridized carbons (Fsp3) is 0.591. The van der Waals surface area contributed by atoms with Gasteiger partial charge in [0, 0.05) is 52.1 Å². The molecule has 0 aliphatic carbocycles. The Bertz CT molecular complexity index is 917. The average Bonchev–Trinajstić information content (AvgIpc) is 3.33. The number of halogens is 2. The van der Waals surface area contributed by atoms with Gasteiger partial charge in [0.05, 0.1) is 5.69 Å². The van der Waals surface area contributed by atoms with Crippen LogP contribution in [-0.2, 0) is 19.4 Å². The summed E-state index contributed by atoms with van der Waals surface area (Å²) < 4.78 is 32.4. The Kier molecular flexibility index (Phi) is 7.39. The second-order valence-electron chi connectivity index (χ2n) is 8.17. The summed E-state index contributed by atoms with van der Waals surface area (Å²) in [4.78, 5) is 6.40. The van der Waals surface area contributed by atoms with Crippen LogP contribution in [0.1, 0.15) is 37.3 Å². The van der Waals surface area contributed by atoms with E-state index in [0.717, 1.165) is 50.0 Å². The molecule has 3 heterocycles. The lowest BCUT2D eigenvalue weighted by molar-refractivity contribution is -0.0495. The van der Waals surface area contributed by atoms with E-state index in [1.54, 1.807) is 19.2 Å². The molecule has 2 aliphatic heterocycles. The maximum Gasteiger partial charge on any atom is 0.387 e. The number of alkyl halides is 2. The quantitative estimate of drug-likeness (QED) is 0.502. The molecule has 1 atom stereocenters. The van der Waals surface area contributed by atoms with Gasteiger partial charge in [-0.05, 0) is 31.4 Å². The number of guanidine groups is 1. The van der Waals surface area contributed by atoms with Crippen molar-refractivity contribution in [2.45, 2.75) is 57.7 Å². The van der Waals surface area contributed by atoms with Crippen molar-refractivity contribution < 1.29 is 13.5 Å². The predicted octanol–water partition coefficient (Wildman–Crippen LogP) is 2.59. The fourth-order valence-corrected chi connectivity index (χ4v) is 4.42. The Morgan fingerprint density at radius 2 is 2.09 bits per heavy atom. The van der Waals surface area contributed by atoms with Crippen LogP contribution in [0, 0.1) is 0 Å². The molecule has 1 aromatic heterocycles. The molecule has 2 aliphatic rings. The van der Waals surface area contributed by atoms with E-state index >= 15 is 0 Å². The van der Waals surface area contributed by atoms with Crippen LogP contribution < -0.4 is 20.3 Å². The molecule has 1 aromatic carbocycles. The summed E-state index contributed by atoms with van der Waals surface area (Å²) in [6, 6.07) is 7.08. The number of nitrogens with one attached hydrogen (secondary N) is 2. The lowest BCUT2D eigenvalue weighted by atomic mass is 10.2. The SMILES string of the molecule is CN=C(NCCc1nnc2n1CCCCC2)NC1CCN(c2ccccc2OC(F)F)C1. The van der Waals surface area contributed by atoms with Crippen molar-refractivity contribution >= 4 is 11.6 Å². The minimum Gasteiger partial charge on any atom is -0.433 e. The van der Waals surface area contributed by atoms with Gasteiger partial charge >= 0.3 is 6.61 Å². The van der Waals surface area contributed by atoms with Gasteiger partial charge in [0.2, 0.25) is 0 Å². The number of fused-ring (bicyclic) bond motifs is 1. The second-order valence-corrected chi connectivity index (χ2v) is 8.17. The van der Waals surface area contributed by atoms with E-state index < -0.39 is 6.61 Å². The highest BCUT2D eigenvalue weighted by Gasteiger charge is 2.26. The first-order valence-electron chi connectivity index (χ1n) is 11.3. The van der Waals surface area contributed by atoms with Crippen LogP contribution in [0.4, 0.5) is 14.5 Å². The number of hydrogen-bond acceptors (Lipinski definition) is 5. The van der Waals surface area contributed by atoms with Gasteiger partial charge in [0.15, 0.2) is 5.96 Å². The summed E-state index contributed by atoms with van der Waals surface area (Å²) in [5.74, 6) is 3.05. The van der Waals surface area contributed by atoms with Crippen molar-refractivity contribution in [3.8, 4) is 5.75 Å². The van der Waals surface area contributed by atoms with Crippen LogP contribution in [0.2, 0.25) is 0 Å². The Morgan fingerprint density at radius 3 is 2.94 bits per heavy atom. The van der Waals surface area contributed by atoms with E-state index in [0.29, 0.717) is 18.8 Å². The van der Waals surface area contributed by atoms with Crippen molar-refractivity contribution in [2.75, 3.05) is 31.6 Å². The third-order valence-corrected chi connectivity index (χ3v) is 6.00. The summed E-state index contributed by atoms with van der Waals surface area (Å²) in [6.45, 7) is 0.307. The molecule has 0 spiro atoms. The Labute approximate surface area is 187 Å². The summed E-state index contributed by atoms with van der Waals surface area (Å²) in [7, 11) is 1.75. The Balaban J connectivity index is 1.28. The van der Waals surface area contributed by atoms with Gasteiger partial charge in [0.25, 0.3) is 0 Å². The molecule has 0 amide bonds. The number of aromatic nitrogens is 3. The van der Waals surface area contributed by atoms with E-state index in [1.165, 1.54) is 19.3 Å². The predicted molar refractivity (Wildman–Crippen MR) is 119 cm³/mol. The number of aliphatic imine (C=N–C) groups is 1. The highest BCUT2D eigenvalue weighted by molar-refractivity contribution is 5.80. The number of ether oxygens (including phenoxy) is 1. The third-order valence-electron chi connectivity index (χ3n) is 6.00. The molecule has 8 nitrogen and oxygen atoms in total. The number of rotatable bonds is 7. The number of benzene rings is 1. The van der Waals surface area contributed by atoms with Gasteiger partial charge in [-0.25, -0.2) is 0 Å².